The third kappa shape index (κ3) is 14.8. The molecule has 6 N–H and O–H groups in total. The van der Waals surface area contributed by atoms with Crippen LogP contribution in [0.2, 0.25) is 0 Å². The van der Waals surface area contributed by atoms with E-state index in [1.807, 2.05) is 56.2 Å². The van der Waals surface area contributed by atoms with Gasteiger partial charge in [-0.3, -0.25) is 15.0 Å². The maximum Gasteiger partial charge on any atom is 0.355 e. The van der Waals surface area contributed by atoms with Gasteiger partial charge in [0.05, 0.1) is 84.1 Å². The molecular weight excluding hydrogens is 1560 g/mol. The van der Waals surface area contributed by atoms with Crippen LogP contribution in [0.15, 0.2) is 69.4 Å². The van der Waals surface area contributed by atoms with Gasteiger partial charge in [0, 0.05) is 57.9 Å². The van der Waals surface area contributed by atoms with Crippen molar-refractivity contribution in [2.75, 3.05) is 71.2 Å². The number of aryl methyl sites for hydroxylation is 3. The van der Waals surface area contributed by atoms with Crippen LogP contribution in [0.3, 0.4) is 0 Å². The number of nitrogens with two attached hydrogens (primary N) is 3. The van der Waals surface area contributed by atoms with Gasteiger partial charge in [0.15, 0.2) is 104 Å². The molecule has 0 amide bonds. The lowest BCUT2D eigenvalue weighted by atomic mass is 10.0. The van der Waals surface area contributed by atoms with Gasteiger partial charge in [-0.05, 0) is 149 Å². The van der Waals surface area contributed by atoms with E-state index in [0.29, 0.717) is 90.1 Å². The number of hydrogen-bond donors (Lipinski definition) is 3. The molecule has 15 rings (SSSR count). The summed E-state index contributed by atoms with van der Waals surface area (Å²) >= 11 is 0. The van der Waals surface area contributed by atoms with E-state index in [1.165, 1.54) is 0 Å². The van der Waals surface area contributed by atoms with Crippen LogP contribution < -0.4 is 49.0 Å². The van der Waals surface area contributed by atoms with Crippen molar-refractivity contribution in [3.8, 4) is 50.8 Å². The first-order valence-electron chi connectivity index (χ1n) is 37.5. The Balaban J connectivity index is 0.000000152. The van der Waals surface area contributed by atoms with E-state index in [-0.39, 0.29) is 68.3 Å². The highest BCUT2D eigenvalue weighted by Gasteiger charge is 2.36. The summed E-state index contributed by atoms with van der Waals surface area (Å²) in [5.74, 6) is -27.7. The minimum atomic E-state index is -2.16. The fraction of sp³-hybridized carbons (Fsp3) is 0.333. The SMILES string of the molecule is Cc1ccnc(C(C)C)c1-n1c(=O)nc(N2CCCCC2)c2cc(F)c(-c3c(N)c(F)c(F)c(F)c3F)nc21.Cc1ccnc(C(C)C)c1-n1c(=O)nc(N2CCCCC2)c2cc(F)c(-c3c(N)c(F)c(F)c(F)c3F)nc21.Cc1ccnc(C(C)C)c1-n1c(=O)nc(N2CCCCC2)c2cc(F)c(-c3c(N)c(F)c(F)c(F)c3F)nc21. The van der Waals surface area contributed by atoms with E-state index in [4.69, 9.17) is 17.2 Å². The Labute approximate surface area is 656 Å². The molecule has 117 heavy (non-hydrogen) atoms. The molecule has 3 fully saturated rings. The summed E-state index contributed by atoms with van der Waals surface area (Å²) in [6.07, 6.45) is 12.7. The number of fused-ring (bicyclic) bond motifs is 3. The zero-order valence-electron chi connectivity index (χ0n) is 64.4. The lowest BCUT2D eigenvalue weighted by molar-refractivity contribution is 0.412. The summed E-state index contributed by atoms with van der Waals surface area (Å²) in [4.78, 5) is 85.2. The average Bonchev–Trinajstić information content (AvgIpc) is 0.739. The zero-order chi connectivity index (χ0) is 84.5. The topological polar surface area (TPSA) is 270 Å². The molecule has 3 aromatic carbocycles. The highest BCUT2D eigenvalue weighted by Crippen LogP contribution is 2.43. The molecule has 0 atom stereocenters. The van der Waals surface area contributed by atoms with Crippen molar-refractivity contribution in [2.24, 2.45) is 0 Å². The number of hydrogen-bond acceptors (Lipinski definition) is 18. The number of nitrogen functional groups attached to an aromatic ring is 3. The molecule has 3 aliphatic rings. The average molecular weight is 1630 g/mol. The first-order chi connectivity index (χ1) is 55.6. The highest BCUT2D eigenvalue weighted by atomic mass is 19.2. The van der Waals surface area contributed by atoms with Crippen molar-refractivity contribution in [3.05, 3.63) is 207 Å². The van der Waals surface area contributed by atoms with Crippen molar-refractivity contribution in [1.82, 2.24) is 58.6 Å². The van der Waals surface area contributed by atoms with Gasteiger partial charge in [-0.1, -0.05) is 41.5 Å². The summed E-state index contributed by atoms with van der Waals surface area (Å²) in [5, 5.41) is 0.369. The van der Waals surface area contributed by atoms with Gasteiger partial charge in [0.2, 0.25) is 0 Å². The van der Waals surface area contributed by atoms with Crippen LogP contribution in [0.4, 0.5) is 100 Å². The molecule has 9 aromatic heterocycles. The summed E-state index contributed by atoms with van der Waals surface area (Å²) in [5.41, 5.74) is 9.13. The second kappa shape index (κ2) is 32.8. The van der Waals surface area contributed by atoms with Crippen LogP contribution in [0.1, 0.15) is 151 Å². The third-order valence-electron chi connectivity index (χ3n) is 20.8. The number of anilines is 6. The number of pyridine rings is 6. The molecule has 0 aliphatic carbocycles. The molecule has 0 spiro atoms. The predicted octanol–water partition coefficient (Wildman–Crippen LogP) is 16.6. The van der Waals surface area contributed by atoms with E-state index < -0.39 is 155 Å². The van der Waals surface area contributed by atoms with Crippen LogP contribution in [0.5, 0.6) is 0 Å². The van der Waals surface area contributed by atoms with E-state index in [0.717, 1.165) is 89.7 Å². The zero-order valence-corrected chi connectivity index (χ0v) is 64.4. The number of benzene rings is 3. The molecule has 3 aliphatic heterocycles. The minimum absolute atomic E-state index is 0.123. The van der Waals surface area contributed by atoms with Crippen LogP contribution in [-0.4, -0.2) is 97.8 Å². The van der Waals surface area contributed by atoms with Gasteiger partial charge >= 0.3 is 17.1 Å². The number of nitrogens with zero attached hydrogens (tertiary/aromatic N) is 15. The van der Waals surface area contributed by atoms with Crippen molar-refractivity contribution in [3.63, 3.8) is 0 Å². The molecule has 21 nitrogen and oxygen atoms in total. The number of aromatic nitrogens is 12. The molecule has 0 radical (unpaired) electrons. The summed E-state index contributed by atoms with van der Waals surface area (Å²) in [7, 11) is 0. The molecule has 0 saturated carbocycles. The highest BCUT2D eigenvalue weighted by molar-refractivity contribution is 5.94. The van der Waals surface area contributed by atoms with Crippen LogP contribution in [0.25, 0.3) is 83.9 Å². The van der Waals surface area contributed by atoms with Gasteiger partial charge in [-0.15, -0.1) is 0 Å². The third-order valence-corrected chi connectivity index (χ3v) is 20.8. The standard InChI is InChI=1S/3C27H25F5N6O/c3*1-12(2)22-24(13(3)7-8-34-22)38-26-14(25(36-27(38)39)37-9-5-4-6-10-37)11-15(28)23(35-26)16-17(29)18(30)19(31)20(32)21(16)33/h3*7-8,11-12H,4-6,9-10,33H2,1-3H3. The first kappa shape index (κ1) is 82.7. The Morgan fingerprint density at radius 1 is 0.316 bits per heavy atom. The Morgan fingerprint density at radius 3 is 0.761 bits per heavy atom. The van der Waals surface area contributed by atoms with Gasteiger partial charge < -0.3 is 31.9 Å². The van der Waals surface area contributed by atoms with Gasteiger partial charge in [-0.2, -0.15) is 15.0 Å². The molecule has 36 heteroatoms. The first-order valence-corrected chi connectivity index (χ1v) is 37.5. The maximum absolute atomic E-state index is 15.6. The van der Waals surface area contributed by atoms with E-state index in [1.54, 1.807) is 57.6 Å². The summed E-state index contributed by atoms with van der Waals surface area (Å²) < 4.78 is 222. The van der Waals surface area contributed by atoms with E-state index in [9.17, 15) is 67.1 Å². The van der Waals surface area contributed by atoms with Gasteiger partial charge in [0.25, 0.3) is 0 Å². The number of rotatable bonds is 12. The number of halogens is 15. The second-order valence-corrected chi connectivity index (χ2v) is 29.6. The van der Waals surface area contributed by atoms with E-state index in [2.05, 4.69) is 44.9 Å². The van der Waals surface area contributed by atoms with Gasteiger partial charge in [0.1, 0.15) is 34.5 Å². The Morgan fingerprint density at radius 2 is 0.538 bits per heavy atom. The lowest BCUT2D eigenvalue weighted by Gasteiger charge is -2.29. The molecular formula is C81H75F15N18O3. The summed E-state index contributed by atoms with van der Waals surface area (Å²) in [6, 6.07) is 7.94. The predicted molar refractivity (Wildman–Crippen MR) is 412 cm³/mol. The fourth-order valence-electron chi connectivity index (χ4n) is 15.0. The second-order valence-electron chi connectivity index (χ2n) is 29.6. The minimum Gasteiger partial charge on any atom is -0.396 e. The Kier molecular flexibility index (Phi) is 23.2. The normalized spacial score (nSPS) is 14.0. The molecule has 0 bridgehead atoms. The molecule has 612 valence electrons. The van der Waals surface area contributed by atoms with Crippen molar-refractivity contribution in [2.45, 2.75) is 138 Å². The van der Waals surface area contributed by atoms with Crippen molar-refractivity contribution < 1.29 is 65.9 Å². The van der Waals surface area contributed by atoms with Crippen LogP contribution in [0, 0.1) is 108 Å². The van der Waals surface area contributed by atoms with Crippen LogP contribution >= 0.6 is 0 Å². The molecule has 12 heterocycles. The van der Waals surface area contributed by atoms with Crippen LogP contribution in [-0.2, 0) is 0 Å². The quantitative estimate of drug-likeness (QED) is 0.0444. The van der Waals surface area contributed by atoms with Crippen molar-refractivity contribution >= 4 is 67.6 Å². The fourth-order valence-corrected chi connectivity index (χ4v) is 15.0. The number of piperidine rings is 3. The molecule has 12 aromatic rings. The smallest absolute Gasteiger partial charge is 0.355 e. The Bertz CT molecular complexity index is 5540. The largest absolute Gasteiger partial charge is 0.396 e. The molecule has 0 unspecified atom stereocenters. The summed E-state index contributed by atoms with van der Waals surface area (Å²) in [6.45, 7) is 19.8. The van der Waals surface area contributed by atoms with Crippen molar-refractivity contribution in [1.29, 1.82) is 0 Å². The monoisotopic (exact) mass is 1630 g/mol. The maximum atomic E-state index is 15.6. The van der Waals surface area contributed by atoms with E-state index >= 15 is 13.2 Å². The van der Waals surface area contributed by atoms with Gasteiger partial charge in [-0.25, -0.2) is 109 Å². The molecule has 3 saturated heterocycles. The lowest BCUT2D eigenvalue weighted by Crippen LogP contribution is -2.34. The Hall–Kier alpha value is -12.3.